The van der Waals surface area contributed by atoms with Crippen molar-refractivity contribution in [1.82, 2.24) is 9.38 Å². The Morgan fingerprint density at radius 1 is 1.17 bits per heavy atom. The average Bonchev–Trinajstić information content (AvgIpc) is 3.05. The summed E-state index contributed by atoms with van der Waals surface area (Å²) in [7, 11) is 0. The van der Waals surface area contributed by atoms with Gasteiger partial charge in [-0.05, 0) is 18.6 Å². The molecule has 0 radical (unpaired) electrons. The van der Waals surface area contributed by atoms with Crippen LogP contribution < -0.4 is 4.57 Å². The third-order valence-electron chi connectivity index (χ3n) is 6.29. The van der Waals surface area contributed by atoms with E-state index in [1.807, 2.05) is 12.4 Å². The van der Waals surface area contributed by atoms with Gasteiger partial charge in [-0.25, -0.2) is 4.57 Å². The van der Waals surface area contributed by atoms with E-state index < -0.39 is 0 Å². The van der Waals surface area contributed by atoms with E-state index in [-0.39, 0.29) is 11.0 Å². The van der Waals surface area contributed by atoms with Crippen LogP contribution in [0.4, 0.5) is 0 Å². The summed E-state index contributed by atoms with van der Waals surface area (Å²) in [6.07, 6.45) is 10.3. The molecule has 0 saturated heterocycles. The molecule has 0 amide bonds. The van der Waals surface area contributed by atoms with Gasteiger partial charge in [0.05, 0.1) is 5.39 Å². The van der Waals surface area contributed by atoms with Crippen molar-refractivity contribution in [3.63, 3.8) is 0 Å². The van der Waals surface area contributed by atoms with Crippen molar-refractivity contribution >= 4 is 27.3 Å². The molecule has 0 saturated carbocycles. The van der Waals surface area contributed by atoms with Crippen molar-refractivity contribution in [2.24, 2.45) is 0 Å². The fourth-order valence-corrected chi connectivity index (χ4v) is 4.47. The summed E-state index contributed by atoms with van der Waals surface area (Å²) in [4.78, 5) is 4.37. The first-order chi connectivity index (χ1) is 11.5. The molecule has 4 heterocycles. The molecule has 1 aromatic carbocycles. The average molecular weight is 314 g/mol. The first-order valence-corrected chi connectivity index (χ1v) is 8.36. The number of hydrogen-bond acceptors (Lipinski definition) is 1. The molecule has 3 nitrogen and oxygen atoms in total. The fourth-order valence-electron chi connectivity index (χ4n) is 4.47. The van der Waals surface area contributed by atoms with Gasteiger partial charge in [0.25, 0.3) is 5.65 Å². The van der Waals surface area contributed by atoms with E-state index in [0.717, 1.165) is 0 Å². The zero-order valence-electron chi connectivity index (χ0n) is 14.2. The first kappa shape index (κ1) is 13.7. The molecule has 0 spiro atoms. The molecular formula is C21H20N3+. The predicted molar refractivity (Wildman–Crippen MR) is 97.3 cm³/mol. The van der Waals surface area contributed by atoms with Crippen LogP contribution in [0.2, 0.25) is 0 Å². The van der Waals surface area contributed by atoms with E-state index in [2.05, 4.69) is 84.0 Å². The monoisotopic (exact) mass is 314 g/mol. The Kier molecular flexibility index (Phi) is 2.31. The number of aromatic nitrogens is 3. The lowest BCUT2D eigenvalue weighted by molar-refractivity contribution is -0.735. The lowest BCUT2D eigenvalue weighted by atomic mass is 9.65. The smallest absolute Gasteiger partial charge is 0.264 e. The van der Waals surface area contributed by atoms with Gasteiger partial charge in [-0.15, -0.1) is 0 Å². The molecule has 0 fully saturated rings. The van der Waals surface area contributed by atoms with Gasteiger partial charge in [-0.3, -0.25) is 4.98 Å². The second-order valence-electron chi connectivity index (χ2n) is 7.46. The molecule has 24 heavy (non-hydrogen) atoms. The second kappa shape index (κ2) is 4.04. The van der Waals surface area contributed by atoms with Gasteiger partial charge in [0.2, 0.25) is 0 Å². The fraction of sp³-hybridized carbons (Fsp3) is 0.238. The highest BCUT2D eigenvalue weighted by Crippen LogP contribution is 2.46. The van der Waals surface area contributed by atoms with E-state index in [4.69, 9.17) is 0 Å². The Labute approximate surface area is 140 Å². The molecule has 0 aliphatic carbocycles. The number of nitrogens with zero attached hydrogens (tertiary/aromatic N) is 3. The summed E-state index contributed by atoms with van der Waals surface area (Å²) in [6, 6.07) is 8.75. The highest BCUT2D eigenvalue weighted by molar-refractivity contribution is 6.12. The maximum Gasteiger partial charge on any atom is 0.295 e. The number of rotatable bonds is 1. The summed E-state index contributed by atoms with van der Waals surface area (Å²) in [5.74, 6) is 0. The molecule has 1 aliphatic rings. The van der Waals surface area contributed by atoms with Crippen LogP contribution in [0.3, 0.4) is 0 Å². The Morgan fingerprint density at radius 3 is 2.79 bits per heavy atom. The third-order valence-corrected chi connectivity index (χ3v) is 6.29. The molecule has 0 N–H and O–H groups in total. The van der Waals surface area contributed by atoms with Crippen molar-refractivity contribution in [2.75, 3.05) is 0 Å². The molecule has 3 aromatic heterocycles. The SMILES string of the molecule is C=CC1(C)[n+]2ccn3c4ccncc4c4cccc(c4c32)C1(C)C. The summed E-state index contributed by atoms with van der Waals surface area (Å²) >= 11 is 0. The number of hydrogen-bond donors (Lipinski definition) is 0. The van der Waals surface area contributed by atoms with Gasteiger partial charge in [0.15, 0.2) is 0 Å². The highest BCUT2D eigenvalue weighted by Gasteiger charge is 2.51. The van der Waals surface area contributed by atoms with Gasteiger partial charge >= 0.3 is 0 Å². The van der Waals surface area contributed by atoms with Crippen LogP contribution in [0.15, 0.2) is 61.7 Å². The Morgan fingerprint density at radius 2 is 2.00 bits per heavy atom. The molecule has 3 heteroatoms. The van der Waals surface area contributed by atoms with Crippen molar-refractivity contribution in [2.45, 2.75) is 31.7 Å². The quantitative estimate of drug-likeness (QED) is 0.294. The first-order valence-electron chi connectivity index (χ1n) is 8.36. The molecular weight excluding hydrogens is 294 g/mol. The standard InChI is InChI=1S/C21H20N3/c1-5-21(4)20(2,3)16-8-6-7-14-15-13-22-10-9-17(15)23-11-12-24(21)19(23)18(14)16/h5-13H,1H2,2-4H3/q+1. The minimum atomic E-state index is -0.191. The minimum absolute atomic E-state index is 0.0658. The molecule has 1 aliphatic heterocycles. The van der Waals surface area contributed by atoms with Crippen molar-refractivity contribution in [1.29, 1.82) is 0 Å². The Hall–Kier alpha value is -2.68. The molecule has 118 valence electrons. The topological polar surface area (TPSA) is 21.2 Å². The Balaban J connectivity index is 2.20. The number of imidazole rings is 1. The maximum atomic E-state index is 4.37. The predicted octanol–water partition coefficient (Wildman–Crippen LogP) is 4.12. The van der Waals surface area contributed by atoms with Gasteiger partial charge in [0, 0.05) is 34.6 Å². The van der Waals surface area contributed by atoms with Gasteiger partial charge in [-0.2, -0.15) is 4.40 Å². The zero-order chi connectivity index (χ0) is 16.7. The lowest BCUT2D eigenvalue weighted by Gasteiger charge is -2.43. The van der Waals surface area contributed by atoms with Crippen LogP contribution in [0.25, 0.3) is 27.3 Å². The van der Waals surface area contributed by atoms with Gasteiger partial charge in [-0.1, -0.05) is 38.6 Å². The second-order valence-corrected chi connectivity index (χ2v) is 7.46. The van der Waals surface area contributed by atoms with Crippen LogP contribution in [0.5, 0.6) is 0 Å². The normalized spacial score (nSPS) is 21.8. The number of fused-ring (bicyclic) bond motifs is 3. The number of pyridine rings is 2. The molecule has 1 unspecified atom stereocenters. The van der Waals surface area contributed by atoms with Crippen LogP contribution in [-0.2, 0) is 11.0 Å². The minimum Gasteiger partial charge on any atom is -0.264 e. The van der Waals surface area contributed by atoms with E-state index in [9.17, 15) is 0 Å². The van der Waals surface area contributed by atoms with Crippen LogP contribution >= 0.6 is 0 Å². The highest BCUT2D eigenvalue weighted by atomic mass is 15.2. The summed E-state index contributed by atoms with van der Waals surface area (Å²) < 4.78 is 4.68. The third kappa shape index (κ3) is 1.27. The van der Waals surface area contributed by atoms with Crippen molar-refractivity contribution < 1.29 is 4.57 Å². The molecule has 5 rings (SSSR count). The van der Waals surface area contributed by atoms with Crippen LogP contribution in [0.1, 0.15) is 26.3 Å². The largest absolute Gasteiger partial charge is 0.295 e. The van der Waals surface area contributed by atoms with E-state index in [1.165, 1.54) is 32.9 Å². The Bertz CT molecular complexity index is 1170. The van der Waals surface area contributed by atoms with Crippen LogP contribution in [-0.4, -0.2) is 9.38 Å². The zero-order valence-corrected chi connectivity index (χ0v) is 14.2. The summed E-state index contributed by atoms with van der Waals surface area (Å²) in [6.45, 7) is 11.1. The van der Waals surface area contributed by atoms with Crippen molar-refractivity contribution in [3.05, 3.63) is 67.3 Å². The number of allylic oxidation sites excluding steroid dienone is 1. The van der Waals surface area contributed by atoms with Crippen molar-refractivity contribution in [3.8, 4) is 0 Å². The number of benzene rings is 1. The molecule has 4 aromatic rings. The summed E-state index contributed by atoms with van der Waals surface area (Å²) in [5.41, 5.74) is 3.54. The van der Waals surface area contributed by atoms with Gasteiger partial charge < -0.3 is 0 Å². The van der Waals surface area contributed by atoms with E-state index in [1.54, 1.807) is 0 Å². The molecule has 0 bridgehead atoms. The summed E-state index contributed by atoms with van der Waals surface area (Å²) in [5, 5.41) is 3.80. The van der Waals surface area contributed by atoms with E-state index in [0.29, 0.717) is 0 Å². The van der Waals surface area contributed by atoms with Crippen LogP contribution in [0, 0.1) is 0 Å². The van der Waals surface area contributed by atoms with Gasteiger partial charge in [0.1, 0.15) is 23.4 Å². The maximum absolute atomic E-state index is 4.37. The molecule has 1 atom stereocenters. The lowest BCUT2D eigenvalue weighted by Crippen LogP contribution is -2.64. The van der Waals surface area contributed by atoms with E-state index >= 15 is 0 Å².